The Hall–Kier alpha value is -1.44. The predicted molar refractivity (Wildman–Crippen MR) is 114 cm³/mol. The molecule has 30 heavy (non-hydrogen) atoms. The van der Waals surface area contributed by atoms with Crippen LogP contribution in [0, 0.1) is 5.41 Å². The van der Waals surface area contributed by atoms with Crippen molar-refractivity contribution in [3.8, 4) is 0 Å². The lowest BCUT2D eigenvalue weighted by Crippen LogP contribution is -2.46. The van der Waals surface area contributed by atoms with Crippen LogP contribution in [-0.2, 0) is 33.3 Å². The summed E-state index contributed by atoms with van der Waals surface area (Å²) in [6, 6.07) is 0. The van der Waals surface area contributed by atoms with Gasteiger partial charge in [-0.3, -0.25) is 4.79 Å². The second-order valence-electron chi connectivity index (χ2n) is 8.72. The van der Waals surface area contributed by atoms with Crippen molar-refractivity contribution in [2.24, 2.45) is 5.41 Å². The lowest BCUT2D eigenvalue weighted by atomic mass is 9.88. The van der Waals surface area contributed by atoms with Crippen molar-refractivity contribution in [3.63, 3.8) is 0 Å². The molecule has 0 aromatic heterocycles. The van der Waals surface area contributed by atoms with Crippen molar-refractivity contribution >= 4 is 11.9 Å². The van der Waals surface area contributed by atoms with Crippen molar-refractivity contribution < 1.29 is 33.3 Å². The van der Waals surface area contributed by atoms with E-state index < -0.39 is 23.1 Å². The molecular formula is C23H40O7. The summed E-state index contributed by atoms with van der Waals surface area (Å²) < 4.78 is 28.0. The average Bonchev–Trinajstić information content (AvgIpc) is 2.72. The Balaban J connectivity index is 2.61. The van der Waals surface area contributed by atoms with E-state index in [9.17, 15) is 9.59 Å². The zero-order chi connectivity index (χ0) is 22.9. The van der Waals surface area contributed by atoms with E-state index in [2.05, 4.69) is 6.58 Å². The molecule has 1 saturated carbocycles. The zero-order valence-corrected chi connectivity index (χ0v) is 19.7. The van der Waals surface area contributed by atoms with Crippen molar-refractivity contribution in [2.75, 3.05) is 13.7 Å². The summed E-state index contributed by atoms with van der Waals surface area (Å²) in [6.07, 6.45) is 4.38. The maximum absolute atomic E-state index is 12.8. The van der Waals surface area contributed by atoms with Crippen LogP contribution in [0.25, 0.3) is 0 Å². The van der Waals surface area contributed by atoms with Gasteiger partial charge in [0.2, 0.25) is 0 Å². The number of hydrogen-bond acceptors (Lipinski definition) is 7. The van der Waals surface area contributed by atoms with Crippen LogP contribution in [0.3, 0.4) is 0 Å². The van der Waals surface area contributed by atoms with Crippen molar-refractivity contribution in [3.05, 3.63) is 12.7 Å². The van der Waals surface area contributed by atoms with E-state index >= 15 is 0 Å². The zero-order valence-electron chi connectivity index (χ0n) is 19.7. The van der Waals surface area contributed by atoms with Gasteiger partial charge in [0.25, 0.3) is 0 Å². The highest BCUT2D eigenvalue weighted by Gasteiger charge is 2.38. The smallest absolute Gasteiger partial charge is 0.338 e. The van der Waals surface area contributed by atoms with Gasteiger partial charge in [-0.1, -0.05) is 19.4 Å². The molecule has 0 N–H and O–H groups in total. The molecule has 0 aromatic rings. The maximum atomic E-state index is 12.8. The Morgan fingerprint density at radius 1 is 1.10 bits per heavy atom. The first-order chi connectivity index (χ1) is 14.0. The molecule has 5 atom stereocenters. The Morgan fingerprint density at radius 3 is 2.23 bits per heavy atom. The minimum absolute atomic E-state index is 0.0412. The number of methoxy groups -OCH3 is 1. The number of carbonyl (C=O) groups is 2. The molecular weight excluding hydrogens is 388 g/mol. The van der Waals surface area contributed by atoms with Gasteiger partial charge in [0.1, 0.15) is 12.7 Å². The Bertz CT molecular complexity index is 574. The third-order valence-electron chi connectivity index (χ3n) is 5.69. The molecule has 0 bridgehead atoms. The summed E-state index contributed by atoms with van der Waals surface area (Å²) in [5.41, 5.74) is -1.92. The van der Waals surface area contributed by atoms with Crippen LogP contribution >= 0.6 is 0 Å². The molecule has 0 saturated heterocycles. The molecule has 1 aliphatic carbocycles. The van der Waals surface area contributed by atoms with Crippen LogP contribution in [0.2, 0.25) is 0 Å². The number of ether oxygens (including phenoxy) is 5. The van der Waals surface area contributed by atoms with E-state index in [0.717, 1.165) is 25.7 Å². The van der Waals surface area contributed by atoms with Crippen molar-refractivity contribution in [1.29, 1.82) is 0 Å². The summed E-state index contributed by atoms with van der Waals surface area (Å²) in [5.74, 6) is -0.818. The van der Waals surface area contributed by atoms with Crippen LogP contribution in [-0.4, -0.2) is 55.9 Å². The number of rotatable bonds is 12. The Morgan fingerprint density at radius 2 is 1.70 bits per heavy atom. The van der Waals surface area contributed by atoms with Crippen LogP contribution in [0.4, 0.5) is 0 Å². The molecule has 0 heterocycles. The molecule has 1 fully saturated rings. The van der Waals surface area contributed by atoms with Gasteiger partial charge in [-0.05, 0) is 60.3 Å². The van der Waals surface area contributed by atoms with Crippen LogP contribution in [0.1, 0.15) is 73.6 Å². The normalized spacial score (nSPS) is 23.7. The Kier molecular flexibility index (Phi) is 10.5. The minimum Gasteiger partial charge on any atom is -0.462 e. The summed E-state index contributed by atoms with van der Waals surface area (Å²) in [5, 5.41) is 0. The molecule has 0 aromatic carbocycles. The highest BCUT2D eigenvalue weighted by molar-refractivity contribution is 5.79. The standard InChI is InChI=1S/C23H40O7/c1-9-23(7,10-2)21(25)27-15-16(3)30-22(5,6)20(24)29-19-14-12-11-13-18(19)28-17(4)26-8/h9,16-19H,1,10-15H2,2-8H3. The van der Waals surface area contributed by atoms with E-state index in [0.29, 0.717) is 6.42 Å². The highest BCUT2D eigenvalue weighted by atomic mass is 16.7. The molecule has 5 unspecified atom stereocenters. The van der Waals surface area contributed by atoms with Gasteiger partial charge in [-0.2, -0.15) is 0 Å². The highest BCUT2D eigenvalue weighted by Crippen LogP contribution is 2.28. The molecule has 174 valence electrons. The lowest BCUT2D eigenvalue weighted by Gasteiger charge is -2.35. The fourth-order valence-corrected chi connectivity index (χ4v) is 3.25. The molecule has 7 nitrogen and oxygen atoms in total. The third kappa shape index (κ3) is 7.67. The van der Waals surface area contributed by atoms with E-state index in [1.165, 1.54) is 0 Å². The predicted octanol–water partition coefficient (Wildman–Crippen LogP) is 4.18. The van der Waals surface area contributed by atoms with Crippen LogP contribution in [0.5, 0.6) is 0 Å². The second kappa shape index (κ2) is 11.8. The summed E-state index contributed by atoms with van der Waals surface area (Å²) in [4.78, 5) is 25.1. The molecule has 7 heteroatoms. The first-order valence-electron chi connectivity index (χ1n) is 10.9. The first kappa shape index (κ1) is 26.6. The van der Waals surface area contributed by atoms with Gasteiger partial charge in [0, 0.05) is 7.11 Å². The van der Waals surface area contributed by atoms with Crippen molar-refractivity contribution in [1.82, 2.24) is 0 Å². The van der Waals surface area contributed by atoms with Gasteiger partial charge < -0.3 is 23.7 Å². The fraction of sp³-hybridized carbons (Fsp3) is 0.826. The maximum Gasteiger partial charge on any atom is 0.338 e. The molecule has 0 radical (unpaired) electrons. The van der Waals surface area contributed by atoms with Crippen molar-refractivity contribution in [2.45, 2.75) is 104 Å². The van der Waals surface area contributed by atoms with Crippen LogP contribution < -0.4 is 0 Å². The topological polar surface area (TPSA) is 80.3 Å². The molecule has 0 aliphatic heterocycles. The van der Waals surface area contributed by atoms with E-state index in [1.807, 2.05) is 13.8 Å². The molecule has 0 amide bonds. The van der Waals surface area contributed by atoms with Gasteiger partial charge in [0.15, 0.2) is 11.9 Å². The molecule has 1 rings (SSSR count). The van der Waals surface area contributed by atoms with E-state index in [4.69, 9.17) is 23.7 Å². The fourth-order valence-electron chi connectivity index (χ4n) is 3.25. The first-order valence-corrected chi connectivity index (χ1v) is 10.9. The van der Waals surface area contributed by atoms with Gasteiger partial charge in [0.05, 0.1) is 17.6 Å². The largest absolute Gasteiger partial charge is 0.462 e. The van der Waals surface area contributed by atoms with E-state index in [-0.39, 0.29) is 31.1 Å². The van der Waals surface area contributed by atoms with Crippen LogP contribution in [0.15, 0.2) is 12.7 Å². The molecule has 0 spiro atoms. The summed E-state index contributed by atoms with van der Waals surface area (Å²) in [7, 11) is 1.58. The molecule has 1 aliphatic rings. The van der Waals surface area contributed by atoms with E-state index in [1.54, 1.807) is 40.9 Å². The van der Waals surface area contributed by atoms with Gasteiger partial charge in [-0.25, -0.2) is 4.79 Å². The number of esters is 2. The van der Waals surface area contributed by atoms with Gasteiger partial charge in [-0.15, -0.1) is 6.58 Å². The average molecular weight is 429 g/mol. The second-order valence-corrected chi connectivity index (χ2v) is 8.72. The number of carbonyl (C=O) groups excluding carboxylic acids is 2. The Labute approximate surface area is 181 Å². The number of hydrogen-bond donors (Lipinski definition) is 0. The summed E-state index contributed by atoms with van der Waals surface area (Å²) in [6.45, 7) is 14.3. The third-order valence-corrected chi connectivity index (χ3v) is 5.69. The quantitative estimate of drug-likeness (QED) is 0.262. The minimum atomic E-state index is -1.19. The van der Waals surface area contributed by atoms with Gasteiger partial charge >= 0.3 is 11.9 Å². The summed E-state index contributed by atoms with van der Waals surface area (Å²) >= 11 is 0. The monoisotopic (exact) mass is 428 g/mol. The lowest BCUT2D eigenvalue weighted by molar-refractivity contribution is -0.209. The SMILES string of the molecule is C=CC(C)(CC)C(=O)OCC(C)OC(C)(C)C(=O)OC1CCCCC1OC(C)OC.